The first-order chi connectivity index (χ1) is 8.72. The van der Waals surface area contributed by atoms with E-state index in [4.69, 9.17) is 5.26 Å². The largest absolute Gasteiger partial charge is 0.366 e. The van der Waals surface area contributed by atoms with Crippen molar-refractivity contribution < 1.29 is 8.78 Å². The molecule has 0 spiro atoms. The van der Waals surface area contributed by atoms with E-state index in [-0.39, 0.29) is 5.56 Å². The van der Waals surface area contributed by atoms with Crippen molar-refractivity contribution >= 4 is 5.69 Å². The Hall–Kier alpha value is -2.41. The maximum Gasteiger partial charge on any atom is 0.145 e. The molecule has 0 radical (unpaired) electrons. The third-order valence-corrected chi connectivity index (χ3v) is 2.50. The van der Waals surface area contributed by atoms with Crippen molar-refractivity contribution in [2.24, 2.45) is 0 Å². The molecule has 0 heterocycles. The van der Waals surface area contributed by atoms with E-state index < -0.39 is 17.7 Å². The maximum absolute atomic E-state index is 13.6. The summed E-state index contributed by atoms with van der Waals surface area (Å²) in [5.41, 5.74) is 0.371. The van der Waals surface area contributed by atoms with Crippen molar-refractivity contribution in [1.29, 1.82) is 5.26 Å². The lowest BCUT2D eigenvalue weighted by molar-refractivity contribution is 0.552. The van der Waals surface area contributed by atoms with Gasteiger partial charge >= 0.3 is 0 Å². The van der Waals surface area contributed by atoms with E-state index in [0.29, 0.717) is 5.69 Å². The molecule has 0 aliphatic heterocycles. The highest BCUT2D eigenvalue weighted by Gasteiger charge is 2.19. The SMILES string of the molecule is N#CC(Nc1ccccc1)c1c(F)cccc1F. The highest BCUT2D eigenvalue weighted by molar-refractivity contribution is 5.47. The Morgan fingerprint density at radius 3 is 2.11 bits per heavy atom. The molecule has 1 unspecified atom stereocenters. The smallest absolute Gasteiger partial charge is 0.145 e. The van der Waals surface area contributed by atoms with Crippen molar-refractivity contribution in [3.05, 3.63) is 65.7 Å². The molecule has 0 aliphatic carbocycles. The van der Waals surface area contributed by atoms with Crippen LogP contribution in [0, 0.1) is 23.0 Å². The lowest BCUT2D eigenvalue weighted by Crippen LogP contribution is -2.12. The molecule has 0 fully saturated rings. The molecule has 2 rings (SSSR count). The topological polar surface area (TPSA) is 35.8 Å². The summed E-state index contributed by atoms with van der Waals surface area (Å²) >= 11 is 0. The van der Waals surface area contributed by atoms with E-state index in [2.05, 4.69) is 5.32 Å². The number of nitrogens with zero attached hydrogens (tertiary/aromatic N) is 1. The third-order valence-electron chi connectivity index (χ3n) is 2.50. The van der Waals surface area contributed by atoms with Crippen LogP contribution < -0.4 is 5.32 Å². The Kier molecular flexibility index (Phi) is 3.54. The van der Waals surface area contributed by atoms with Crippen LogP contribution in [0.4, 0.5) is 14.5 Å². The molecule has 18 heavy (non-hydrogen) atoms. The third kappa shape index (κ3) is 2.46. The molecule has 2 aromatic carbocycles. The first-order valence-corrected chi connectivity index (χ1v) is 5.37. The number of halogens is 2. The van der Waals surface area contributed by atoms with Crippen LogP contribution in [-0.2, 0) is 0 Å². The van der Waals surface area contributed by atoms with E-state index in [1.165, 1.54) is 6.07 Å². The van der Waals surface area contributed by atoms with Crippen LogP contribution in [0.3, 0.4) is 0 Å². The van der Waals surface area contributed by atoms with E-state index in [9.17, 15) is 8.78 Å². The Labute approximate surface area is 103 Å². The fraction of sp³-hybridized carbons (Fsp3) is 0.0714. The average molecular weight is 244 g/mol. The summed E-state index contributed by atoms with van der Waals surface area (Å²) in [6.45, 7) is 0. The molecular formula is C14H10F2N2. The van der Waals surface area contributed by atoms with Crippen LogP contribution in [0.2, 0.25) is 0 Å². The quantitative estimate of drug-likeness (QED) is 0.894. The van der Waals surface area contributed by atoms with Gasteiger partial charge in [-0.2, -0.15) is 5.26 Å². The van der Waals surface area contributed by atoms with Gasteiger partial charge in [0.2, 0.25) is 0 Å². The predicted molar refractivity (Wildman–Crippen MR) is 64.8 cm³/mol. The van der Waals surface area contributed by atoms with Crippen molar-refractivity contribution in [2.75, 3.05) is 5.32 Å². The Morgan fingerprint density at radius 1 is 0.944 bits per heavy atom. The summed E-state index contributed by atoms with van der Waals surface area (Å²) in [6, 6.07) is 13.1. The highest BCUT2D eigenvalue weighted by atomic mass is 19.1. The van der Waals surface area contributed by atoms with Gasteiger partial charge in [-0.15, -0.1) is 0 Å². The monoisotopic (exact) mass is 244 g/mol. The molecule has 1 N–H and O–H groups in total. The molecule has 0 bridgehead atoms. The Balaban J connectivity index is 2.33. The molecule has 90 valence electrons. The minimum absolute atomic E-state index is 0.260. The average Bonchev–Trinajstić information content (AvgIpc) is 2.38. The normalized spacial score (nSPS) is 11.6. The molecule has 4 heteroatoms. The van der Waals surface area contributed by atoms with E-state index in [1.807, 2.05) is 12.1 Å². The first-order valence-electron chi connectivity index (χ1n) is 5.37. The minimum atomic E-state index is -1.06. The Bertz CT molecular complexity index is 556. The van der Waals surface area contributed by atoms with Gasteiger partial charge in [0.05, 0.1) is 11.6 Å². The lowest BCUT2D eigenvalue weighted by Gasteiger charge is -2.14. The summed E-state index contributed by atoms with van der Waals surface area (Å²) in [4.78, 5) is 0. The maximum atomic E-state index is 13.6. The van der Waals surface area contributed by atoms with Gasteiger partial charge in [0.15, 0.2) is 0 Å². The van der Waals surface area contributed by atoms with Crippen LogP contribution in [0.15, 0.2) is 48.5 Å². The summed E-state index contributed by atoms with van der Waals surface area (Å²) in [5, 5.41) is 11.8. The number of nitrogens with one attached hydrogen (secondary N) is 1. The zero-order valence-corrected chi connectivity index (χ0v) is 9.40. The standard InChI is InChI=1S/C14H10F2N2/c15-11-7-4-8-12(16)14(11)13(9-17)18-10-5-2-1-3-6-10/h1-8,13,18H. The number of anilines is 1. The minimum Gasteiger partial charge on any atom is -0.366 e. The Morgan fingerprint density at radius 2 is 1.56 bits per heavy atom. The van der Waals surface area contributed by atoms with Gasteiger partial charge < -0.3 is 5.32 Å². The fourth-order valence-electron chi connectivity index (χ4n) is 1.66. The zero-order valence-electron chi connectivity index (χ0n) is 9.40. The van der Waals surface area contributed by atoms with Gasteiger partial charge in [0.25, 0.3) is 0 Å². The number of hydrogen-bond acceptors (Lipinski definition) is 2. The lowest BCUT2D eigenvalue weighted by atomic mass is 10.1. The molecular weight excluding hydrogens is 234 g/mol. The number of hydrogen-bond donors (Lipinski definition) is 1. The highest BCUT2D eigenvalue weighted by Crippen LogP contribution is 2.23. The number of para-hydroxylation sites is 1. The van der Waals surface area contributed by atoms with Crippen molar-refractivity contribution in [2.45, 2.75) is 6.04 Å². The molecule has 0 aliphatic rings. The van der Waals surface area contributed by atoms with Gasteiger partial charge in [-0.1, -0.05) is 24.3 Å². The van der Waals surface area contributed by atoms with Gasteiger partial charge in [-0.25, -0.2) is 8.78 Å². The molecule has 0 aromatic heterocycles. The van der Waals surface area contributed by atoms with Crippen LogP contribution in [-0.4, -0.2) is 0 Å². The van der Waals surface area contributed by atoms with E-state index in [0.717, 1.165) is 12.1 Å². The van der Waals surface area contributed by atoms with Crippen LogP contribution in [0.1, 0.15) is 11.6 Å². The van der Waals surface area contributed by atoms with Gasteiger partial charge in [-0.3, -0.25) is 0 Å². The number of nitriles is 1. The second kappa shape index (κ2) is 5.28. The summed E-state index contributed by atoms with van der Waals surface area (Å²) in [7, 11) is 0. The molecule has 2 nitrogen and oxygen atoms in total. The molecule has 1 atom stereocenters. The number of rotatable bonds is 3. The molecule has 0 amide bonds. The summed E-state index contributed by atoms with van der Waals surface area (Å²) < 4.78 is 27.1. The van der Waals surface area contributed by atoms with E-state index in [1.54, 1.807) is 24.3 Å². The summed E-state index contributed by atoms with van der Waals surface area (Å²) in [6.07, 6.45) is 0. The first kappa shape index (κ1) is 12.1. The van der Waals surface area contributed by atoms with Gasteiger partial charge in [0.1, 0.15) is 17.7 Å². The van der Waals surface area contributed by atoms with Crippen LogP contribution >= 0.6 is 0 Å². The predicted octanol–water partition coefficient (Wildman–Crippen LogP) is 3.64. The molecule has 0 saturated heterocycles. The van der Waals surface area contributed by atoms with Gasteiger partial charge in [0, 0.05) is 5.69 Å². The van der Waals surface area contributed by atoms with Crippen LogP contribution in [0.25, 0.3) is 0 Å². The van der Waals surface area contributed by atoms with Crippen molar-refractivity contribution in [1.82, 2.24) is 0 Å². The fourth-order valence-corrected chi connectivity index (χ4v) is 1.66. The van der Waals surface area contributed by atoms with E-state index >= 15 is 0 Å². The zero-order chi connectivity index (χ0) is 13.0. The molecule has 2 aromatic rings. The second-order valence-corrected chi connectivity index (χ2v) is 3.71. The second-order valence-electron chi connectivity index (χ2n) is 3.71. The number of benzene rings is 2. The summed E-state index contributed by atoms with van der Waals surface area (Å²) in [5.74, 6) is -1.46. The van der Waals surface area contributed by atoms with Crippen molar-refractivity contribution in [3.8, 4) is 6.07 Å². The van der Waals surface area contributed by atoms with Crippen molar-refractivity contribution in [3.63, 3.8) is 0 Å². The van der Waals surface area contributed by atoms with Gasteiger partial charge in [-0.05, 0) is 24.3 Å². The van der Waals surface area contributed by atoms with Crippen LogP contribution in [0.5, 0.6) is 0 Å². The molecule has 0 saturated carbocycles.